The van der Waals surface area contributed by atoms with Crippen molar-refractivity contribution in [3.8, 4) is 0 Å². The Kier molecular flexibility index (Phi) is 6.12. The van der Waals surface area contributed by atoms with Crippen LogP contribution in [-0.4, -0.2) is 31.7 Å². The van der Waals surface area contributed by atoms with Crippen LogP contribution in [0, 0.1) is 0 Å². The van der Waals surface area contributed by atoms with Gasteiger partial charge in [-0.25, -0.2) is 0 Å². The number of halogens is 1. The van der Waals surface area contributed by atoms with Gasteiger partial charge < -0.3 is 15.8 Å². The molecule has 0 aliphatic rings. The van der Waals surface area contributed by atoms with Crippen molar-refractivity contribution in [2.24, 2.45) is 5.73 Å². The summed E-state index contributed by atoms with van der Waals surface area (Å²) in [6.07, 6.45) is 0.714. The summed E-state index contributed by atoms with van der Waals surface area (Å²) in [6.45, 7) is 2.15. The summed E-state index contributed by atoms with van der Waals surface area (Å²) in [6, 6.07) is 6.95. The minimum Gasteiger partial charge on any atom is -0.383 e. The van der Waals surface area contributed by atoms with Gasteiger partial charge >= 0.3 is 0 Å². The Bertz CT molecular complexity index is 398. The molecule has 1 aromatic rings. The van der Waals surface area contributed by atoms with Gasteiger partial charge in [0.2, 0.25) is 5.91 Å². The number of nitrogens with one attached hydrogen (secondary N) is 1. The van der Waals surface area contributed by atoms with E-state index in [1.807, 2.05) is 31.2 Å². The summed E-state index contributed by atoms with van der Waals surface area (Å²) < 4.78 is 4.84. The fraction of sp³-hybridized carbons (Fsp3) is 0.462. The minimum atomic E-state index is -0.628. The third-order valence-electron chi connectivity index (χ3n) is 2.50. The average molecular weight is 271 g/mol. The number of rotatable bonds is 6. The number of nitrogens with two attached hydrogens (primary N) is 1. The molecule has 0 fully saturated rings. The topological polar surface area (TPSA) is 64.3 Å². The molecule has 0 spiro atoms. The molecule has 2 atom stereocenters. The van der Waals surface area contributed by atoms with Crippen molar-refractivity contribution in [1.29, 1.82) is 0 Å². The predicted molar refractivity (Wildman–Crippen MR) is 72.6 cm³/mol. The van der Waals surface area contributed by atoms with Crippen molar-refractivity contribution in [3.63, 3.8) is 0 Å². The number of carbonyl (C=O) groups is 1. The molecule has 2 unspecified atom stereocenters. The molecule has 0 bridgehead atoms. The third kappa shape index (κ3) is 5.04. The summed E-state index contributed by atoms with van der Waals surface area (Å²) in [5.74, 6) is -0.202. The third-order valence-corrected chi connectivity index (χ3v) is 2.74. The van der Waals surface area contributed by atoms with Gasteiger partial charge in [-0.05, 0) is 31.0 Å². The fourth-order valence-corrected chi connectivity index (χ4v) is 1.89. The summed E-state index contributed by atoms with van der Waals surface area (Å²) in [5.41, 5.74) is 6.71. The van der Waals surface area contributed by atoms with Crippen LogP contribution >= 0.6 is 11.6 Å². The maximum absolute atomic E-state index is 11.7. The number of hydrogen-bond donors (Lipinski definition) is 2. The lowest BCUT2D eigenvalue weighted by Gasteiger charge is -2.17. The Balaban J connectivity index is 2.46. The minimum absolute atomic E-state index is 0.00104. The van der Waals surface area contributed by atoms with E-state index < -0.39 is 6.04 Å². The molecule has 0 aliphatic heterocycles. The molecule has 4 nitrogen and oxygen atoms in total. The highest BCUT2D eigenvalue weighted by Gasteiger charge is 2.15. The van der Waals surface area contributed by atoms with Gasteiger partial charge in [-0.3, -0.25) is 4.79 Å². The lowest BCUT2D eigenvalue weighted by Crippen LogP contribution is -2.47. The van der Waals surface area contributed by atoms with E-state index in [0.29, 0.717) is 11.4 Å². The first-order valence-corrected chi connectivity index (χ1v) is 6.20. The van der Waals surface area contributed by atoms with Crippen LogP contribution in [0.4, 0.5) is 0 Å². The number of hydrogen-bond acceptors (Lipinski definition) is 3. The van der Waals surface area contributed by atoms with Gasteiger partial charge in [-0.1, -0.05) is 23.7 Å². The largest absolute Gasteiger partial charge is 0.383 e. The Hall–Kier alpha value is -1.10. The highest BCUT2D eigenvalue weighted by atomic mass is 35.5. The van der Waals surface area contributed by atoms with E-state index >= 15 is 0 Å². The van der Waals surface area contributed by atoms with Crippen molar-refractivity contribution in [1.82, 2.24) is 5.32 Å². The Labute approximate surface area is 112 Å². The first kappa shape index (κ1) is 15.0. The summed E-state index contributed by atoms with van der Waals surface area (Å²) in [5, 5.41) is 3.54. The molecule has 0 saturated heterocycles. The maximum atomic E-state index is 11.7. The van der Waals surface area contributed by atoms with Crippen molar-refractivity contribution in [2.75, 3.05) is 13.7 Å². The lowest BCUT2D eigenvalue weighted by molar-refractivity contribution is -0.124. The summed E-state index contributed by atoms with van der Waals surface area (Å²) in [7, 11) is 1.52. The maximum Gasteiger partial charge on any atom is 0.239 e. The molecular formula is C13H19ClN2O2. The first-order valence-electron chi connectivity index (χ1n) is 5.82. The molecule has 1 rings (SSSR count). The summed E-state index contributed by atoms with van der Waals surface area (Å²) >= 11 is 5.90. The quantitative estimate of drug-likeness (QED) is 0.820. The highest BCUT2D eigenvalue weighted by molar-refractivity contribution is 6.30. The van der Waals surface area contributed by atoms with E-state index in [-0.39, 0.29) is 18.6 Å². The van der Waals surface area contributed by atoms with Crippen molar-refractivity contribution < 1.29 is 9.53 Å². The Morgan fingerprint density at radius 3 is 2.89 bits per heavy atom. The smallest absolute Gasteiger partial charge is 0.239 e. The zero-order valence-corrected chi connectivity index (χ0v) is 11.4. The molecule has 0 saturated carbocycles. The molecule has 100 valence electrons. The van der Waals surface area contributed by atoms with Gasteiger partial charge in [0, 0.05) is 18.2 Å². The number of amides is 1. The van der Waals surface area contributed by atoms with Crippen LogP contribution in [0.5, 0.6) is 0 Å². The molecule has 3 N–H and O–H groups in total. The standard InChI is InChI=1S/C13H19ClN2O2/c1-9(16-13(17)12(15)8-18-2)6-10-4-3-5-11(14)7-10/h3-5,7,9,12H,6,8,15H2,1-2H3,(H,16,17). The van der Waals surface area contributed by atoms with Gasteiger partial charge in [0.1, 0.15) is 6.04 Å². The second-order valence-corrected chi connectivity index (χ2v) is 4.74. The molecule has 0 aliphatic carbocycles. The highest BCUT2D eigenvalue weighted by Crippen LogP contribution is 2.12. The van der Waals surface area contributed by atoms with Crippen LogP contribution in [0.3, 0.4) is 0 Å². The number of methoxy groups -OCH3 is 1. The van der Waals surface area contributed by atoms with Crippen molar-refractivity contribution in [3.05, 3.63) is 34.9 Å². The van der Waals surface area contributed by atoms with E-state index in [1.165, 1.54) is 7.11 Å². The Morgan fingerprint density at radius 1 is 1.56 bits per heavy atom. The van der Waals surface area contributed by atoms with E-state index in [4.69, 9.17) is 22.1 Å². The molecule has 18 heavy (non-hydrogen) atoms. The molecule has 5 heteroatoms. The van der Waals surface area contributed by atoms with Gasteiger partial charge in [0.05, 0.1) is 6.61 Å². The second kappa shape index (κ2) is 7.36. The number of ether oxygens (including phenoxy) is 1. The number of carbonyl (C=O) groups excluding carboxylic acids is 1. The monoisotopic (exact) mass is 270 g/mol. The Morgan fingerprint density at radius 2 is 2.28 bits per heavy atom. The van der Waals surface area contributed by atoms with E-state index in [2.05, 4.69) is 5.32 Å². The van der Waals surface area contributed by atoms with Crippen LogP contribution in [0.25, 0.3) is 0 Å². The van der Waals surface area contributed by atoms with E-state index in [1.54, 1.807) is 0 Å². The zero-order chi connectivity index (χ0) is 13.5. The normalized spacial score (nSPS) is 14.0. The fourth-order valence-electron chi connectivity index (χ4n) is 1.67. The van der Waals surface area contributed by atoms with E-state index in [0.717, 1.165) is 5.56 Å². The van der Waals surface area contributed by atoms with Gasteiger partial charge in [-0.15, -0.1) is 0 Å². The molecule has 1 amide bonds. The summed E-state index contributed by atoms with van der Waals surface area (Å²) in [4.78, 5) is 11.7. The number of benzene rings is 1. The van der Waals surface area contributed by atoms with Crippen LogP contribution in [0.1, 0.15) is 12.5 Å². The molecule has 0 aromatic heterocycles. The predicted octanol–water partition coefficient (Wildman–Crippen LogP) is 1.36. The first-order chi connectivity index (χ1) is 8.52. The van der Waals surface area contributed by atoms with Crippen LogP contribution in [-0.2, 0) is 16.0 Å². The average Bonchev–Trinajstić information content (AvgIpc) is 2.28. The van der Waals surface area contributed by atoms with Gasteiger partial charge in [-0.2, -0.15) is 0 Å². The lowest BCUT2D eigenvalue weighted by atomic mass is 10.1. The van der Waals surface area contributed by atoms with Gasteiger partial charge in [0.15, 0.2) is 0 Å². The van der Waals surface area contributed by atoms with Crippen molar-refractivity contribution >= 4 is 17.5 Å². The molecular weight excluding hydrogens is 252 g/mol. The zero-order valence-electron chi connectivity index (χ0n) is 10.7. The molecule has 0 radical (unpaired) electrons. The second-order valence-electron chi connectivity index (χ2n) is 4.31. The molecule has 1 aromatic carbocycles. The van der Waals surface area contributed by atoms with Crippen molar-refractivity contribution in [2.45, 2.75) is 25.4 Å². The SMILES string of the molecule is COCC(N)C(=O)NC(C)Cc1cccc(Cl)c1. The molecule has 0 heterocycles. The van der Waals surface area contributed by atoms with Crippen LogP contribution < -0.4 is 11.1 Å². The van der Waals surface area contributed by atoms with Crippen LogP contribution in [0.15, 0.2) is 24.3 Å². The van der Waals surface area contributed by atoms with E-state index in [9.17, 15) is 4.79 Å². The van der Waals surface area contributed by atoms with Crippen LogP contribution in [0.2, 0.25) is 5.02 Å². The van der Waals surface area contributed by atoms with Gasteiger partial charge in [0.25, 0.3) is 0 Å².